The number of ether oxygens (including phenoxy) is 1. The maximum absolute atomic E-state index is 12.4. The molecule has 1 N–H and O–H groups in total. The molecule has 4 aromatic rings. The largest absolute Gasteiger partial charge is 0.481 e. The van der Waals surface area contributed by atoms with Gasteiger partial charge in [-0.25, -0.2) is 0 Å². The van der Waals surface area contributed by atoms with Gasteiger partial charge in [0.1, 0.15) is 6.61 Å². The predicted molar refractivity (Wildman–Crippen MR) is 135 cm³/mol. The zero-order chi connectivity index (χ0) is 24.8. The van der Waals surface area contributed by atoms with Crippen LogP contribution in [0.15, 0.2) is 66.7 Å². The van der Waals surface area contributed by atoms with Gasteiger partial charge in [0.25, 0.3) is 0 Å². The molecule has 0 atom stereocenters. The second kappa shape index (κ2) is 11.0. The molecule has 0 bridgehead atoms. The predicted octanol–water partition coefficient (Wildman–Crippen LogP) is 5.12. The summed E-state index contributed by atoms with van der Waals surface area (Å²) in [6.45, 7) is 4.82. The molecule has 0 aliphatic rings. The van der Waals surface area contributed by atoms with E-state index in [1.54, 1.807) is 0 Å². The van der Waals surface area contributed by atoms with Gasteiger partial charge in [0.15, 0.2) is 0 Å². The van der Waals surface area contributed by atoms with Crippen LogP contribution in [0.1, 0.15) is 47.5 Å². The van der Waals surface area contributed by atoms with E-state index >= 15 is 0 Å². The highest BCUT2D eigenvalue weighted by Gasteiger charge is 2.18. The Balaban J connectivity index is 1.36. The summed E-state index contributed by atoms with van der Waals surface area (Å²) >= 11 is 0. The minimum Gasteiger partial charge on any atom is -0.481 e. The van der Waals surface area contributed by atoms with E-state index in [-0.39, 0.29) is 25.4 Å². The first kappa shape index (κ1) is 24.2. The van der Waals surface area contributed by atoms with Gasteiger partial charge >= 0.3 is 11.9 Å². The maximum Gasteiger partial charge on any atom is 0.310 e. The van der Waals surface area contributed by atoms with Crippen molar-refractivity contribution in [3.63, 3.8) is 0 Å². The molecular weight excluding hydrogens is 440 g/mol. The molecule has 0 radical (unpaired) electrons. The van der Waals surface area contributed by atoms with E-state index < -0.39 is 5.97 Å². The van der Waals surface area contributed by atoms with Crippen molar-refractivity contribution in [2.75, 3.05) is 0 Å². The van der Waals surface area contributed by atoms with Gasteiger partial charge in [0.2, 0.25) is 0 Å². The molecule has 0 aliphatic heterocycles. The first-order chi connectivity index (χ1) is 17.0. The van der Waals surface area contributed by atoms with Gasteiger partial charge in [-0.15, -0.1) is 0 Å². The lowest BCUT2D eigenvalue weighted by atomic mass is 10.1. The van der Waals surface area contributed by atoms with Crippen LogP contribution in [0.3, 0.4) is 0 Å². The van der Waals surface area contributed by atoms with Crippen molar-refractivity contribution in [1.29, 1.82) is 0 Å². The minimum absolute atomic E-state index is 0.00734. The van der Waals surface area contributed by atoms with Gasteiger partial charge < -0.3 is 9.84 Å². The molecule has 3 aromatic carbocycles. The Bertz CT molecular complexity index is 1340. The molecule has 0 unspecified atom stereocenters. The number of carboxylic acids is 1. The topological polar surface area (TPSA) is 81.4 Å². The van der Waals surface area contributed by atoms with E-state index in [2.05, 4.69) is 11.2 Å². The molecule has 0 spiro atoms. The van der Waals surface area contributed by atoms with E-state index in [0.29, 0.717) is 13.0 Å². The van der Waals surface area contributed by atoms with Crippen LogP contribution in [0, 0.1) is 0 Å². The summed E-state index contributed by atoms with van der Waals surface area (Å²) in [4.78, 5) is 23.7. The second-order valence-electron chi connectivity index (χ2n) is 8.64. The highest BCUT2D eigenvalue weighted by atomic mass is 16.5. The van der Waals surface area contributed by atoms with E-state index in [9.17, 15) is 14.7 Å². The van der Waals surface area contributed by atoms with Crippen molar-refractivity contribution in [2.45, 2.75) is 52.7 Å². The van der Waals surface area contributed by atoms with Crippen LogP contribution in [0.2, 0.25) is 0 Å². The molecule has 6 nitrogen and oxygen atoms in total. The number of benzene rings is 3. The molecule has 4 rings (SSSR count). The summed E-state index contributed by atoms with van der Waals surface area (Å²) in [6.07, 6.45) is 1.62. The van der Waals surface area contributed by atoms with Crippen LogP contribution in [-0.2, 0) is 53.2 Å². The monoisotopic (exact) mass is 470 g/mol. The minimum atomic E-state index is -0.842. The summed E-state index contributed by atoms with van der Waals surface area (Å²) in [5, 5.41) is 16.2. The number of hydrogen-bond acceptors (Lipinski definition) is 4. The van der Waals surface area contributed by atoms with Gasteiger partial charge in [0.05, 0.1) is 25.1 Å². The molecule has 0 saturated carbocycles. The fraction of sp³-hybridized carbons (Fsp3) is 0.276. The van der Waals surface area contributed by atoms with Crippen LogP contribution < -0.4 is 0 Å². The summed E-state index contributed by atoms with van der Waals surface area (Å²) in [6, 6.07) is 22.0. The molecule has 35 heavy (non-hydrogen) atoms. The summed E-state index contributed by atoms with van der Waals surface area (Å²) < 4.78 is 7.40. The van der Waals surface area contributed by atoms with E-state index in [1.165, 1.54) is 0 Å². The normalized spacial score (nSPS) is 11.0. The number of nitrogens with zero attached hydrogens (tertiary/aromatic N) is 2. The Hall–Kier alpha value is -3.93. The molecule has 0 fully saturated rings. The van der Waals surface area contributed by atoms with Crippen LogP contribution in [0.4, 0.5) is 0 Å². The molecule has 0 saturated heterocycles. The van der Waals surface area contributed by atoms with Gasteiger partial charge in [-0.1, -0.05) is 74.5 Å². The number of aryl methyl sites for hydroxylation is 1. The van der Waals surface area contributed by atoms with Crippen molar-refractivity contribution in [2.24, 2.45) is 0 Å². The van der Waals surface area contributed by atoms with Crippen molar-refractivity contribution in [3.8, 4) is 0 Å². The number of carboxylic acid groups (broad SMARTS) is 1. The fourth-order valence-corrected chi connectivity index (χ4v) is 4.40. The standard InChI is InChI=1S/C29H30N2O4/c1-3-26-25(17-28(32)33)27(4-2)31(30-26)18-21-11-9-20(10-12-21)16-29(34)35-19-22-13-14-23-7-5-6-8-24(23)15-22/h5-15H,3-4,16-19H2,1-2H3,(H,32,33). The zero-order valence-electron chi connectivity index (χ0n) is 20.2. The van der Waals surface area contributed by atoms with Gasteiger partial charge in [0, 0.05) is 11.3 Å². The number of esters is 1. The number of aliphatic carboxylic acids is 1. The highest BCUT2D eigenvalue weighted by molar-refractivity contribution is 5.83. The van der Waals surface area contributed by atoms with Crippen LogP contribution in [0.5, 0.6) is 0 Å². The van der Waals surface area contributed by atoms with Crippen LogP contribution in [0.25, 0.3) is 10.8 Å². The fourth-order valence-electron chi connectivity index (χ4n) is 4.40. The van der Waals surface area contributed by atoms with Gasteiger partial charge in [-0.05, 0) is 46.4 Å². The first-order valence-corrected chi connectivity index (χ1v) is 12.0. The van der Waals surface area contributed by atoms with Crippen molar-refractivity contribution < 1.29 is 19.4 Å². The number of rotatable bonds is 10. The molecule has 1 aromatic heterocycles. The van der Waals surface area contributed by atoms with Crippen molar-refractivity contribution in [1.82, 2.24) is 9.78 Å². The first-order valence-electron chi connectivity index (χ1n) is 12.0. The third-order valence-electron chi connectivity index (χ3n) is 6.16. The molecule has 1 heterocycles. The van der Waals surface area contributed by atoms with E-state index in [1.807, 2.05) is 79.2 Å². The Morgan fingerprint density at radius 1 is 0.857 bits per heavy atom. The SMILES string of the molecule is CCc1nn(Cc2ccc(CC(=O)OCc3ccc4ccccc4c3)cc2)c(CC)c1CC(=O)O. The van der Waals surface area contributed by atoms with Crippen molar-refractivity contribution in [3.05, 3.63) is 100 Å². The Labute approximate surface area is 205 Å². The molecule has 180 valence electrons. The third-order valence-corrected chi connectivity index (χ3v) is 6.16. The average Bonchev–Trinajstić information content (AvgIpc) is 3.18. The summed E-state index contributed by atoms with van der Waals surface area (Å²) in [5.41, 5.74) is 5.52. The lowest BCUT2D eigenvalue weighted by Crippen LogP contribution is -2.09. The van der Waals surface area contributed by atoms with Crippen LogP contribution in [-0.4, -0.2) is 26.8 Å². The summed E-state index contributed by atoms with van der Waals surface area (Å²) in [7, 11) is 0. The molecule has 0 aliphatic carbocycles. The quantitative estimate of drug-likeness (QED) is 0.325. The van der Waals surface area contributed by atoms with E-state index in [0.717, 1.165) is 50.8 Å². The van der Waals surface area contributed by atoms with E-state index in [4.69, 9.17) is 4.74 Å². The second-order valence-corrected chi connectivity index (χ2v) is 8.64. The summed E-state index contributed by atoms with van der Waals surface area (Å²) in [5.74, 6) is -1.11. The number of aromatic nitrogens is 2. The molecular formula is C29H30N2O4. The van der Waals surface area contributed by atoms with Crippen LogP contribution >= 0.6 is 0 Å². The maximum atomic E-state index is 12.4. The number of carbonyl (C=O) groups excluding carboxylic acids is 1. The Morgan fingerprint density at radius 3 is 2.23 bits per heavy atom. The zero-order valence-corrected chi connectivity index (χ0v) is 20.2. The van der Waals surface area contributed by atoms with Gasteiger partial charge in [-0.2, -0.15) is 5.10 Å². The number of fused-ring (bicyclic) bond motifs is 1. The smallest absolute Gasteiger partial charge is 0.310 e. The third kappa shape index (κ3) is 5.96. The molecule has 0 amide bonds. The molecule has 6 heteroatoms. The van der Waals surface area contributed by atoms with Crippen molar-refractivity contribution >= 4 is 22.7 Å². The highest BCUT2D eigenvalue weighted by Crippen LogP contribution is 2.20. The Kier molecular flexibility index (Phi) is 7.60. The lowest BCUT2D eigenvalue weighted by Gasteiger charge is -2.09. The number of hydrogen-bond donors (Lipinski definition) is 1. The van der Waals surface area contributed by atoms with Gasteiger partial charge in [-0.3, -0.25) is 14.3 Å². The lowest BCUT2D eigenvalue weighted by molar-refractivity contribution is -0.144. The Morgan fingerprint density at radius 2 is 1.54 bits per heavy atom. The average molecular weight is 471 g/mol. The number of carbonyl (C=O) groups is 2.